The van der Waals surface area contributed by atoms with E-state index in [9.17, 15) is 9.59 Å². The van der Waals surface area contributed by atoms with Gasteiger partial charge in [0.05, 0.1) is 0 Å². The third-order valence-corrected chi connectivity index (χ3v) is 3.30. The molecule has 7 heteroatoms. The van der Waals surface area contributed by atoms with Crippen LogP contribution >= 0.6 is 12.4 Å². The van der Waals surface area contributed by atoms with Gasteiger partial charge in [0, 0.05) is 30.2 Å². The molecule has 5 N–H and O–H groups in total. The van der Waals surface area contributed by atoms with Gasteiger partial charge < -0.3 is 21.7 Å². The van der Waals surface area contributed by atoms with Crippen molar-refractivity contribution in [1.29, 1.82) is 0 Å². The van der Waals surface area contributed by atoms with Crippen LogP contribution in [0.1, 0.15) is 33.3 Å². The van der Waals surface area contributed by atoms with Crippen LogP contribution in [0.25, 0.3) is 0 Å². The van der Waals surface area contributed by atoms with Gasteiger partial charge in [-0.25, -0.2) is 4.79 Å². The van der Waals surface area contributed by atoms with Gasteiger partial charge in [-0.2, -0.15) is 0 Å². The molecule has 2 unspecified atom stereocenters. The number of anilines is 1. The van der Waals surface area contributed by atoms with Gasteiger partial charge in [-0.3, -0.25) is 4.79 Å². The van der Waals surface area contributed by atoms with Crippen LogP contribution < -0.4 is 21.7 Å². The third-order valence-electron chi connectivity index (χ3n) is 3.30. The van der Waals surface area contributed by atoms with E-state index in [1.165, 1.54) is 0 Å². The number of halogens is 1. The molecule has 6 nitrogen and oxygen atoms in total. The Morgan fingerprint density at radius 1 is 1.09 bits per heavy atom. The van der Waals surface area contributed by atoms with Crippen LogP contribution in [0.4, 0.5) is 10.5 Å². The van der Waals surface area contributed by atoms with Crippen molar-refractivity contribution in [3.8, 4) is 0 Å². The molecule has 0 heterocycles. The highest BCUT2D eigenvalue weighted by molar-refractivity contribution is 5.89. The lowest BCUT2D eigenvalue weighted by atomic mass is 10.0. The van der Waals surface area contributed by atoms with Crippen LogP contribution in [0.15, 0.2) is 24.3 Å². The average molecular weight is 343 g/mol. The molecule has 0 aliphatic rings. The summed E-state index contributed by atoms with van der Waals surface area (Å²) in [7, 11) is 0. The second-order valence-electron chi connectivity index (χ2n) is 5.82. The van der Waals surface area contributed by atoms with E-state index in [2.05, 4.69) is 16.0 Å². The van der Waals surface area contributed by atoms with Crippen LogP contribution in [0.5, 0.6) is 0 Å². The Kier molecular flexibility index (Phi) is 9.29. The van der Waals surface area contributed by atoms with Gasteiger partial charge in [0.1, 0.15) is 0 Å². The second-order valence-corrected chi connectivity index (χ2v) is 5.82. The van der Waals surface area contributed by atoms with Crippen molar-refractivity contribution >= 4 is 30.0 Å². The number of hydrogen-bond acceptors (Lipinski definition) is 3. The van der Waals surface area contributed by atoms with E-state index in [-0.39, 0.29) is 42.3 Å². The number of nitrogens with two attached hydrogens (primary N) is 1. The minimum absolute atomic E-state index is 0. The molecule has 1 rings (SSSR count). The Morgan fingerprint density at radius 3 is 2.13 bits per heavy atom. The molecule has 2 atom stereocenters. The quantitative estimate of drug-likeness (QED) is 0.638. The number of carbonyl (C=O) groups excluding carboxylic acids is 2. The highest BCUT2D eigenvalue weighted by Crippen LogP contribution is 2.10. The van der Waals surface area contributed by atoms with Crippen LogP contribution in [0, 0.1) is 5.92 Å². The first-order valence-corrected chi connectivity index (χ1v) is 7.49. The third kappa shape index (κ3) is 7.85. The van der Waals surface area contributed by atoms with Crippen LogP contribution in [0.2, 0.25) is 0 Å². The number of hydrogen-bond donors (Lipinski definition) is 4. The number of carbonyl (C=O) groups is 2. The van der Waals surface area contributed by atoms with Gasteiger partial charge in [0.25, 0.3) is 0 Å². The first kappa shape index (κ1) is 21.2. The standard InChI is InChI=1S/C16H26N4O2.ClH/c1-10(2)19-16(22)20-14-7-5-13(6-8-14)9-18-15(21)11(3)12(4)17;/h5-8,10-12H,9,17H2,1-4H3,(H,18,21)(H2,19,20,22);1H. The van der Waals surface area contributed by atoms with E-state index in [1.54, 1.807) is 19.1 Å². The SMILES string of the molecule is CC(C)NC(=O)Nc1ccc(CNC(=O)C(C)C(C)N)cc1.Cl. The minimum atomic E-state index is -0.234. The lowest BCUT2D eigenvalue weighted by Crippen LogP contribution is -2.38. The van der Waals surface area contributed by atoms with E-state index in [4.69, 9.17) is 5.73 Å². The molecular weight excluding hydrogens is 316 g/mol. The molecule has 1 aromatic rings. The molecular formula is C16H27ClN4O2. The van der Waals surface area contributed by atoms with E-state index in [0.29, 0.717) is 12.2 Å². The summed E-state index contributed by atoms with van der Waals surface area (Å²) < 4.78 is 0. The van der Waals surface area contributed by atoms with Crippen molar-refractivity contribution in [2.75, 3.05) is 5.32 Å². The Hall–Kier alpha value is -1.79. The zero-order valence-corrected chi connectivity index (χ0v) is 14.9. The number of rotatable bonds is 6. The molecule has 0 aliphatic carbocycles. The zero-order valence-electron chi connectivity index (χ0n) is 14.1. The summed E-state index contributed by atoms with van der Waals surface area (Å²) in [5, 5.41) is 8.34. The molecule has 0 aromatic heterocycles. The Balaban J connectivity index is 0.00000484. The van der Waals surface area contributed by atoms with Crippen molar-refractivity contribution in [2.45, 2.75) is 46.3 Å². The maximum atomic E-state index is 11.8. The van der Waals surface area contributed by atoms with E-state index < -0.39 is 0 Å². The van der Waals surface area contributed by atoms with Gasteiger partial charge in [-0.1, -0.05) is 19.1 Å². The molecule has 0 saturated heterocycles. The Labute approximate surface area is 144 Å². The molecule has 3 amide bonds. The van der Waals surface area contributed by atoms with Crippen molar-refractivity contribution in [2.24, 2.45) is 11.7 Å². The van der Waals surface area contributed by atoms with Crippen molar-refractivity contribution < 1.29 is 9.59 Å². The van der Waals surface area contributed by atoms with Gasteiger partial charge in [0.15, 0.2) is 0 Å². The molecule has 1 aromatic carbocycles. The lowest BCUT2D eigenvalue weighted by molar-refractivity contribution is -0.125. The number of urea groups is 1. The highest BCUT2D eigenvalue weighted by atomic mass is 35.5. The summed E-state index contributed by atoms with van der Waals surface area (Å²) >= 11 is 0. The first-order valence-electron chi connectivity index (χ1n) is 7.49. The zero-order chi connectivity index (χ0) is 16.7. The predicted molar refractivity (Wildman–Crippen MR) is 95.6 cm³/mol. The molecule has 23 heavy (non-hydrogen) atoms. The largest absolute Gasteiger partial charge is 0.352 e. The van der Waals surface area contributed by atoms with Crippen LogP contribution in [0.3, 0.4) is 0 Å². The topological polar surface area (TPSA) is 96.2 Å². The summed E-state index contributed by atoms with van der Waals surface area (Å²) in [4.78, 5) is 23.4. The summed E-state index contributed by atoms with van der Waals surface area (Å²) in [5.41, 5.74) is 7.36. The summed E-state index contributed by atoms with van der Waals surface area (Å²) in [5.74, 6) is -0.283. The van der Waals surface area contributed by atoms with Gasteiger partial charge in [-0.05, 0) is 38.5 Å². The van der Waals surface area contributed by atoms with Crippen LogP contribution in [-0.4, -0.2) is 24.0 Å². The van der Waals surface area contributed by atoms with E-state index >= 15 is 0 Å². The molecule has 0 fully saturated rings. The average Bonchev–Trinajstić information content (AvgIpc) is 2.44. The minimum Gasteiger partial charge on any atom is -0.352 e. The summed E-state index contributed by atoms with van der Waals surface area (Å²) in [6.07, 6.45) is 0. The van der Waals surface area contributed by atoms with Crippen molar-refractivity contribution in [1.82, 2.24) is 10.6 Å². The molecule has 0 saturated carbocycles. The van der Waals surface area contributed by atoms with E-state index in [1.807, 2.05) is 32.9 Å². The number of nitrogens with one attached hydrogen (secondary N) is 3. The number of benzene rings is 1. The Morgan fingerprint density at radius 2 is 1.65 bits per heavy atom. The Bertz CT molecular complexity index is 503. The van der Waals surface area contributed by atoms with Crippen molar-refractivity contribution in [3.63, 3.8) is 0 Å². The highest BCUT2D eigenvalue weighted by Gasteiger charge is 2.16. The maximum Gasteiger partial charge on any atom is 0.319 e. The fraction of sp³-hybridized carbons (Fsp3) is 0.500. The normalized spacial score (nSPS) is 12.8. The molecule has 0 radical (unpaired) electrons. The monoisotopic (exact) mass is 342 g/mol. The first-order chi connectivity index (χ1) is 10.3. The molecule has 130 valence electrons. The molecule has 0 aliphatic heterocycles. The lowest BCUT2D eigenvalue weighted by Gasteiger charge is -2.15. The predicted octanol–water partition coefficient (Wildman–Crippen LogP) is 2.24. The fourth-order valence-corrected chi connectivity index (χ4v) is 1.72. The van der Waals surface area contributed by atoms with Gasteiger partial charge in [-0.15, -0.1) is 12.4 Å². The maximum absolute atomic E-state index is 11.8. The van der Waals surface area contributed by atoms with Crippen LogP contribution in [-0.2, 0) is 11.3 Å². The molecule has 0 spiro atoms. The smallest absolute Gasteiger partial charge is 0.319 e. The summed E-state index contributed by atoms with van der Waals surface area (Å²) in [6, 6.07) is 7.00. The second kappa shape index (κ2) is 10.1. The van der Waals surface area contributed by atoms with Gasteiger partial charge in [0.2, 0.25) is 5.91 Å². The molecule has 0 bridgehead atoms. The van der Waals surface area contributed by atoms with Gasteiger partial charge >= 0.3 is 6.03 Å². The number of amides is 3. The van der Waals surface area contributed by atoms with Crippen molar-refractivity contribution in [3.05, 3.63) is 29.8 Å². The fourth-order valence-electron chi connectivity index (χ4n) is 1.72. The van der Waals surface area contributed by atoms with E-state index in [0.717, 1.165) is 5.56 Å². The summed E-state index contributed by atoms with van der Waals surface area (Å²) in [6.45, 7) is 7.85.